The van der Waals surface area contributed by atoms with E-state index in [1.54, 1.807) is 7.11 Å². The monoisotopic (exact) mass is 432 g/mol. The zero-order valence-electron chi connectivity index (χ0n) is 17.0. The molecular formula is C24H21ClN4O2. The van der Waals surface area contributed by atoms with Crippen LogP contribution in [0.5, 0.6) is 5.75 Å². The third-order valence-corrected chi connectivity index (χ3v) is 5.01. The highest BCUT2D eigenvalue weighted by atomic mass is 35.5. The number of nitrogens with one attached hydrogen (secondary N) is 1. The lowest BCUT2D eigenvalue weighted by atomic mass is 10.1. The summed E-state index contributed by atoms with van der Waals surface area (Å²) in [6.45, 7) is 0.483. The molecule has 0 unspecified atom stereocenters. The smallest absolute Gasteiger partial charge is 0.254 e. The van der Waals surface area contributed by atoms with Gasteiger partial charge in [0.2, 0.25) is 5.95 Å². The molecule has 1 N–H and O–H groups in total. The molecule has 4 rings (SSSR count). The molecule has 0 aliphatic rings. The van der Waals surface area contributed by atoms with Crippen LogP contribution in [0.1, 0.15) is 15.9 Å². The minimum absolute atomic E-state index is 0.169. The molecule has 0 saturated carbocycles. The first-order valence-corrected chi connectivity index (χ1v) is 10.2. The SMILES string of the molecule is COc1ccc(-c2nc(NCc3ccc(Cl)cc3)n(C(=O)Cc3ccccc3)n2)cc1. The second-order valence-corrected chi connectivity index (χ2v) is 7.37. The first kappa shape index (κ1) is 20.6. The quantitative estimate of drug-likeness (QED) is 0.440. The number of benzene rings is 3. The van der Waals surface area contributed by atoms with E-state index >= 15 is 0 Å². The fraction of sp³-hybridized carbons (Fsp3) is 0.125. The molecule has 6 nitrogen and oxygen atoms in total. The van der Waals surface area contributed by atoms with E-state index in [4.69, 9.17) is 16.3 Å². The zero-order chi connectivity index (χ0) is 21.6. The lowest BCUT2D eigenvalue weighted by Crippen LogP contribution is -2.18. The summed E-state index contributed by atoms with van der Waals surface area (Å²) >= 11 is 5.96. The van der Waals surface area contributed by atoms with E-state index in [9.17, 15) is 4.79 Å². The number of carbonyl (C=O) groups is 1. The summed E-state index contributed by atoms with van der Waals surface area (Å²) in [4.78, 5) is 17.6. The summed E-state index contributed by atoms with van der Waals surface area (Å²) in [5.41, 5.74) is 2.72. The molecule has 156 valence electrons. The lowest BCUT2D eigenvalue weighted by Gasteiger charge is -2.07. The Labute approximate surface area is 185 Å². The fourth-order valence-corrected chi connectivity index (χ4v) is 3.22. The van der Waals surface area contributed by atoms with Crippen molar-refractivity contribution in [1.82, 2.24) is 14.8 Å². The molecular weight excluding hydrogens is 412 g/mol. The predicted octanol–water partition coefficient (Wildman–Crippen LogP) is 5.10. The van der Waals surface area contributed by atoms with Gasteiger partial charge in [0.05, 0.1) is 13.5 Å². The van der Waals surface area contributed by atoms with Gasteiger partial charge in [0.1, 0.15) is 5.75 Å². The second kappa shape index (κ2) is 9.45. The molecule has 0 atom stereocenters. The summed E-state index contributed by atoms with van der Waals surface area (Å²) in [5.74, 6) is 1.42. The van der Waals surface area contributed by atoms with Crippen LogP contribution in [0.3, 0.4) is 0 Å². The Morgan fingerprint density at radius 2 is 1.68 bits per heavy atom. The van der Waals surface area contributed by atoms with Gasteiger partial charge < -0.3 is 10.1 Å². The number of hydrogen-bond donors (Lipinski definition) is 1. The van der Waals surface area contributed by atoms with Crippen LogP contribution in [0.4, 0.5) is 5.95 Å². The molecule has 31 heavy (non-hydrogen) atoms. The van der Waals surface area contributed by atoms with Crippen LogP contribution in [0.2, 0.25) is 5.02 Å². The van der Waals surface area contributed by atoms with Gasteiger partial charge in [-0.15, -0.1) is 5.10 Å². The first-order chi connectivity index (χ1) is 15.1. The molecule has 0 amide bonds. The fourth-order valence-electron chi connectivity index (χ4n) is 3.09. The largest absolute Gasteiger partial charge is 0.497 e. The molecule has 0 radical (unpaired) electrons. The average Bonchev–Trinajstić information content (AvgIpc) is 3.24. The third-order valence-electron chi connectivity index (χ3n) is 4.75. The molecule has 1 aromatic heterocycles. The topological polar surface area (TPSA) is 69.0 Å². The third kappa shape index (κ3) is 5.10. The number of carbonyl (C=O) groups excluding carboxylic acids is 1. The molecule has 4 aromatic rings. The van der Waals surface area contributed by atoms with Gasteiger partial charge in [-0.3, -0.25) is 4.79 Å². The molecule has 0 aliphatic heterocycles. The van der Waals surface area contributed by atoms with E-state index in [2.05, 4.69) is 15.4 Å². The minimum Gasteiger partial charge on any atom is -0.497 e. The number of aromatic nitrogens is 3. The Bertz CT molecular complexity index is 1160. The number of anilines is 1. The maximum absolute atomic E-state index is 13.0. The minimum atomic E-state index is -0.169. The van der Waals surface area contributed by atoms with Crippen molar-refractivity contribution >= 4 is 23.5 Å². The second-order valence-electron chi connectivity index (χ2n) is 6.94. The van der Waals surface area contributed by atoms with Crippen LogP contribution in [0.15, 0.2) is 78.9 Å². The van der Waals surface area contributed by atoms with Gasteiger partial charge in [0.25, 0.3) is 5.91 Å². The lowest BCUT2D eigenvalue weighted by molar-refractivity contribution is 0.0901. The van der Waals surface area contributed by atoms with Crippen LogP contribution in [0, 0.1) is 0 Å². The number of halogens is 1. The van der Waals surface area contributed by atoms with E-state index < -0.39 is 0 Å². The Morgan fingerprint density at radius 1 is 0.968 bits per heavy atom. The van der Waals surface area contributed by atoms with Crippen molar-refractivity contribution in [2.45, 2.75) is 13.0 Å². The van der Waals surface area contributed by atoms with Crippen LogP contribution >= 0.6 is 11.6 Å². The van der Waals surface area contributed by atoms with Crippen molar-refractivity contribution in [3.8, 4) is 17.1 Å². The number of hydrogen-bond acceptors (Lipinski definition) is 5. The van der Waals surface area contributed by atoms with Crippen molar-refractivity contribution in [2.24, 2.45) is 0 Å². The summed E-state index contributed by atoms with van der Waals surface area (Å²) in [5, 5.41) is 8.39. The first-order valence-electron chi connectivity index (χ1n) is 9.79. The van der Waals surface area contributed by atoms with E-state index in [1.807, 2.05) is 78.9 Å². The van der Waals surface area contributed by atoms with Crippen LogP contribution in [-0.2, 0) is 13.0 Å². The standard InChI is InChI=1S/C24H21ClN4O2/c1-31-21-13-9-19(10-14-21)23-27-24(26-16-18-7-11-20(25)12-8-18)29(28-23)22(30)15-17-5-3-2-4-6-17/h2-14H,15-16H2,1H3,(H,26,27,28). The van der Waals surface area contributed by atoms with Gasteiger partial charge in [0, 0.05) is 17.1 Å². The predicted molar refractivity (Wildman–Crippen MR) is 122 cm³/mol. The van der Waals surface area contributed by atoms with Crippen molar-refractivity contribution in [3.63, 3.8) is 0 Å². The average molecular weight is 433 g/mol. The van der Waals surface area contributed by atoms with Crippen molar-refractivity contribution in [1.29, 1.82) is 0 Å². The molecule has 0 spiro atoms. The zero-order valence-corrected chi connectivity index (χ0v) is 17.7. The number of ether oxygens (including phenoxy) is 1. The maximum atomic E-state index is 13.0. The van der Waals surface area contributed by atoms with Gasteiger partial charge in [-0.25, -0.2) is 0 Å². The van der Waals surface area contributed by atoms with E-state index in [0.29, 0.717) is 23.3 Å². The molecule has 3 aromatic carbocycles. The van der Waals surface area contributed by atoms with E-state index in [0.717, 1.165) is 22.4 Å². The van der Waals surface area contributed by atoms with Crippen molar-refractivity contribution < 1.29 is 9.53 Å². The summed E-state index contributed by atoms with van der Waals surface area (Å²) in [6, 6.07) is 24.5. The van der Waals surface area contributed by atoms with Crippen LogP contribution < -0.4 is 10.1 Å². The number of rotatable bonds is 7. The molecule has 0 saturated heterocycles. The summed E-state index contributed by atoms with van der Waals surface area (Å²) in [6.07, 6.45) is 0.224. The Balaban J connectivity index is 1.62. The van der Waals surface area contributed by atoms with Gasteiger partial charge in [-0.05, 0) is 47.5 Å². The Kier molecular flexibility index (Phi) is 6.29. The van der Waals surface area contributed by atoms with Gasteiger partial charge in [-0.1, -0.05) is 54.1 Å². The summed E-state index contributed by atoms with van der Waals surface area (Å²) < 4.78 is 6.55. The normalized spacial score (nSPS) is 10.6. The number of nitrogens with zero attached hydrogens (tertiary/aromatic N) is 3. The van der Waals surface area contributed by atoms with Gasteiger partial charge >= 0.3 is 0 Å². The Morgan fingerprint density at radius 3 is 2.35 bits per heavy atom. The van der Waals surface area contributed by atoms with E-state index in [1.165, 1.54) is 4.68 Å². The van der Waals surface area contributed by atoms with Crippen LogP contribution in [0.25, 0.3) is 11.4 Å². The highest BCUT2D eigenvalue weighted by Crippen LogP contribution is 2.22. The molecule has 7 heteroatoms. The Hall–Kier alpha value is -3.64. The molecule has 0 aliphatic carbocycles. The van der Waals surface area contributed by atoms with Crippen molar-refractivity contribution in [3.05, 3.63) is 95.0 Å². The van der Waals surface area contributed by atoms with Crippen molar-refractivity contribution in [2.75, 3.05) is 12.4 Å². The van der Waals surface area contributed by atoms with Crippen LogP contribution in [-0.4, -0.2) is 27.8 Å². The molecule has 0 bridgehead atoms. The number of methoxy groups -OCH3 is 1. The van der Waals surface area contributed by atoms with E-state index in [-0.39, 0.29) is 12.3 Å². The van der Waals surface area contributed by atoms with Gasteiger partial charge in [0.15, 0.2) is 5.82 Å². The highest BCUT2D eigenvalue weighted by molar-refractivity contribution is 6.30. The summed E-state index contributed by atoms with van der Waals surface area (Å²) in [7, 11) is 1.61. The van der Waals surface area contributed by atoms with Gasteiger partial charge in [-0.2, -0.15) is 9.67 Å². The molecule has 1 heterocycles. The maximum Gasteiger partial charge on any atom is 0.254 e. The molecule has 0 fully saturated rings. The highest BCUT2D eigenvalue weighted by Gasteiger charge is 2.18.